The molecule has 2 aromatic carbocycles. The summed E-state index contributed by atoms with van der Waals surface area (Å²) in [6, 6.07) is 17.6. The maximum Gasteiger partial charge on any atom is 0.333 e. The number of aliphatic hydroxyl groups is 1. The molecule has 1 unspecified atom stereocenters. The highest BCUT2D eigenvalue weighted by atomic mass is 16.5. The Labute approximate surface area is 136 Å². The molecule has 23 heavy (non-hydrogen) atoms. The average Bonchev–Trinajstić information content (AvgIpc) is 2.59. The Balaban J connectivity index is 1.82. The number of hydrogen-bond donors (Lipinski definition) is 1. The van der Waals surface area contributed by atoms with Gasteiger partial charge in [0.1, 0.15) is 25.1 Å². The molecule has 2 rings (SSSR count). The van der Waals surface area contributed by atoms with Crippen LogP contribution in [0.1, 0.15) is 6.92 Å². The van der Waals surface area contributed by atoms with E-state index >= 15 is 0 Å². The molecule has 4 heteroatoms. The van der Waals surface area contributed by atoms with Gasteiger partial charge in [0.2, 0.25) is 0 Å². The molecule has 0 aliphatic heterocycles. The summed E-state index contributed by atoms with van der Waals surface area (Å²) in [6.45, 7) is 4.96. The highest BCUT2D eigenvalue weighted by Crippen LogP contribution is 2.22. The van der Waals surface area contributed by atoms with E-state index in [1.807, 2.05) is 54.6 Å². The average molecular weight is 312 g/mol. The molecule has 0 saturated carbocycles. The fourth-order valence-electron chi connectivity index (χ4n) is 1.91. The molecule has 0 saturated heterocycles. The lowest BCUT2D eigenvalue weighted by Gasteiger charge is -2.13. The van der Waals surface area contributed by atoms with Gasteiger partial charge in [-0.05, 0) is 30.2 Å². The summed E-state index contributed by atoms with van der Waals surface area (Å²) in [4.78, 5) is 11.2. The molecule has 1 atom stereocenters. The van der Waals surface area contributed by atoms with Crippen LogP contribution in [0.15, 0.2) is 66.7 Å². The van der Waals surface area contributed by atoms with Crippen LogP contribution in [-0.4, -0.2) is 30.4 Å². The van der Waals surface area contributed by atoms with Crippen molar-refractivity contribution in [3.63, 3.8) is 0 Å². The van der Waals surface area contributed by atoms with Crippen molar-refractivity contribution >= 4 is 5.97 Å². The van der Waals surface area contributed by atoms with E-state index in [0.717, 1.165) is 11.1 Å². The molecule has 0 aliphatic carbocycles. The van der Waals surface area contributed by atoms with Crippen molar-refractivity contribution in [1.29, 1.82) is 0 Å². The summed E-state index contributed by atoms with van der Waals surface area (Å²) in [6.07, 6.45) is -0.882. The van der Waals surface area contributed by atoms with Crippen LogP contribution in [-0.2, 0) is 9.53 Å². The lowest BCUT2D eigenvalue weighted by atomic mass is 10.1. The van der Waals surface area contributed by atoms with Crippen molar-refractivity contribution in [2.24, 2.45) is 0 Å². The van der Waals surface area contributed by atoms with Gasteiger partial charge in [-0.2, -0.15) is 0 Å². The number of carbonyl (C=O) groups excluding carboxylic acids is 1. The number of aliphatic hydroxyl groups excluding tert-OH is 1. The number of esters is 1. The SMILES string of the molecule is C=C(C)C(=O)OCC(O)COc1ccc(-c2ccccc2)cc1. The molecule has 2 aromatic rings. The molecule has 0 amide bonds. The van der Waals surface area contributed by atoms with Crippen LogP contribution < -0.4 is 4.74 Å². The zero-order valence-electron chi connectivity index (χ0n) is 13.1. The van der Waals surface area contributed by atoms with Crippen molar-refractivity contribution in [3.8, 4) is 16.9 Å². The number of rotatable bonds is 7. The van der Waals surface area contributed by atoms with E-state index in [9.17, 15) is 9.90 Å². The summed E-state index contributed by atoms with van der Waals surface area (Å²) in [5.41, 5.74) is 2.52. The second-order valence-electron chi connectivity index (χ2n) is 5.23. The molecule has 0 spiro atoms. The standard InChI is InChI=1S/C19H20O4/c1-14(2)19(21)23-13-17(20)12-22-18-10-8-16(9-11-18)15-6-4-3-5-7-15/h3-11,17,20H,1,12-13H2,2H3. The Morgan fingerprint density at radius 2 is 1.65 bits per heavy atom. The van der Waals surface area contributed by atoms with Gasteiger partial charge < -0.3 is 14.6 Å². The predicted molar refractivity (Wildman–Crippen MR) is 89.2 cm³/mol. The highest BCUT2D eigenvalue weighted by molar-refractivity contribution is 5.86. The van der Waals surface area contributed by atoms with Crippen LogP contribution in [0.25, 0.3) is 11.1 Å². The highest BCUT2D eigenvalue weighted by Gasteiger charge is 2.10. The van der Waals surface area contributed by atoms with E-state index < -0.39 is 12.1 Å². The van der Waals surface area contributed by atoms with Crippen molar-refractivity contribution in [3.05, 3.63) is 66.7 Å². The van der Waals surface area contributed by atoms with Gasteiger partial charge in [0, 0.05) is 5.57 Å². The number of benzene rings is 2. The zero-order valence-corrected chi connectivity index (χ0v) is 13.1. The minimum absolute atomic E-state index is 0.0498. The van der Waals surface area contributed by atoms with E-state index in [1.165, 1.54) is 0 Å². The Hall–Kier alpha value is -2.59. The molecule has 0 aromatic heterocycles. The molecular weight excluding hydrogens is 292 g/mol. The van der Waals surface area contributed by atoms with Gasteiger partial charge in [0.15, 0.2) is 0 Å². The van der Waals surface area contributed by atoms with Crippen LogP contribution in [0, 0.1) is 0 Å². The normalized spacial score (nSPS) is 11.6. The first kappa shape index (κ1) is 16.8. The molecule has 0 bridgehead atoms. The van der Waals surface area contributed by atoms with Crippen LogP contribution in [0.5, 0.6) is 5.75 Å². The van der Waals surface area contributed by atoms with Crippen LogP contribution in [0.2, 0.25) is 0 Å². The third-order valence-electron chi connectivity index (χ3n) is 3.16. The van der Waals surface area contributed by atoms with Crippen molar-refractivity contribution in [1.82, 2.24) is 0 Å². The fraction of sp³-hybridized carbons (Fsp3) is 0.211. The van der Waals surface area contributed by atoms with Gasteiger partial charge in [-0.3, -0.25) is 0 Å². The van der Waals surface area contributed by atoms with E-state index in [1.54, 1.807) is 6.92 Å². The minimum atomic E-state index is -0.882. The number of carbonyl (C=O) groups is 1. The predicted octanol–water partition coefficient (Wildman–Crippen LogP) is 3.21. The second kappa shape index (κ2) is 8.15. The Morgan fingerprint density at radius 1 is 1.04 bits per heavy atom. The third-order valence-corrected chi connectivity index (χ3v) is 3.16. The third kappa shape index (κ3) is 5.27. The minimum Gasteiger partial charge on any atom is -0.491 e. The maximum atomic E-state index is 11.2. The van der Waals surface area contributed by atoms with Gasteiger partial charge in [-0.25, -0.2) is 4.79 Å². The lowest BCUT2D eigenvalue weighted by molar-refractivity contribution is -0.142. The first-order chi connectivity index (χ1) is 11.1. The smallest absolute Gasteiger partial charge is 0.333 e. The molecule has 120 valence electrons. The van der Waals surface area contributed by atoms with Crippen molar-refractivity contribution in [2.45, 2.75) is 13.0 Å². The summed E-state index contributed by atoms with van der Waals surface area (Å²) >= 11 is 0. The molecular formula is C19H20O4. The second-order valence-corrected chi connectivity index (χ2v) is 5.23. The summed E-state index contributed by atoms with van der Waals surface area (Å²) in [7, 11) is 0. The van der Waals surface area contributed by atoms with E-state index in [4.69, 9.17) is 9.47 Å². The quantitative estimate of drug-likeness (QED) is 0.630. The molecule has 0 fully saturated rings. The van der Waals surface area contributed by atoms with Crippen LogP contribution in [0.3, 0.4) is 0 Å². The van der Waals surface area contributed by atoms with E-state index in [-0.39, 0.29) is 13.2 Å². The number of hydrogen-bond acceptors (Lipinski definition) is 4. The van der Waals surface area contributed by atoms with Gasteiger partial charge in [-0.1, -0.05) is 49.0 Å². The topological polar surface area (TPSA) is 55.8 Å². The molecule has 0 aliphatic rings. The fourth-order valence-corrected chi connectivity index (χ4v) is 1.91. The Kier molecular flexibility index (Phi) is 5.94. The zero-order chi connectivity index (χ0) is 16.7. The monoisotopic (exact) mass is 312 g/mol. The van der Waals surface area contributed by atoms with Crippen LogP contribution >= 0.6 is 0 Å². The maximum absolute atomic E-state index is 11.2. The number of ether oxygens (including phenoxy) is 2. The summed E-state index contributed by atoms with van der Waals surface area (Å²) < 4.78 is 10.3. The first-order valence-corrected chi connectivity index (χ1v) is 7.35. The lowest BCUT2D eigenvalue weighted by Crippen LogP contribution is -2.25. The van der Waals surface area contributed by atoms with Gasteiger partial charge >= 0.3 is 5.97 Å². The van der Waals surface area contributed by atoms with Gasteiger partial charge in [-0.15, -0.1) is 0 Å². The van der Waals surface area contributed by atoms with Gasteiger partial charge in [0.25, 0.3) is 0 Å². The summed E-state index contributed by atoms with van der Waals surface area (Å²) in [5, 5.41) is 9.74. The summed E-state index contributed by atoms with van der Waals surface area (Å²) in [5.74, 6) is 0.131. The first-order valence-electron chi connectivity index (χ1n) is 7.35. The van der Waals surface area contributed by atoms with Crippen molar-refractivity contribution in [2.75, 3.05) is 13.2 Å². The van der Waals surface area contributed by atoms with Crippen molar-refractivity contribution < 1.29 is 19.4 Å². The Morgan fingerprint density at radius 3 is 2.26 bits per heavy atom. The molecule has 0 radical (unpaired) electrons. The molecule has 0 heterocycles. The van der Waals surface area contributed by atoms with Crippen LogP contribution in [0.4, 0.5) is 0 Å². The van der Waals surface area contributed by atoms with E-state index in [2.05, 4.69) is 6.58 Å². The van der Waals surface area contributed by atoms with E-state index in [0.29, 0.717) is 11.3 Å². The molecule has 4 nitrogen and oxygen atoms in total. The molecule has 1 N–H and O–H groups in total. The van der Waals surface area contributed by atoms with Gasteiger partial charge in [0.05, 0.1) is 0 Å². The Bertz CT molecular complexity index is 647. The largest absolute Gasteiger partial charge is 0.491 e.